The standard InChI is InChI=1S/C11H22N2O2.ClH/c1-8(7-15-4)13(3)11(14)9(2)10-5-12-6-10;/h8-10,12H,5-7H2,1-4H3;1H. The van der Waals surface area contributed by atoms with Crippen LogP contribution in [0.1, 0.15) is 13.8 Å². The van der Waals surface area contributed by atoms with Crippen LogP contribution in [0.15, 0.2) is 0 Å². The zero-order valence-electron chi connectivity index (χ0n) is 10.5. The Balaban J connectivity index is 0.00000225. The molecule has 1 aliphatic heterocycles. The van der Waals surface area contributed by atoms with Crippen molar-refractivity contribution in [1.82, 2.24) is 10.2 Å². The molecule has 2 atom stereocenters. The normalized spacial score (nSPS) is 19.2. The Morgan fingerprint density at radius 3 is 2.44 bits per heavy atom. The number of ether oxygens (including phenoxy) is 1. The first-order chi connectivity index (χ1) is 7.07. The van der Waals surface area contributed by atoms with Gasteiger partial charge in [0, 0.05) is 20.1 Å². The van der Waals surface area contributed by atoms with E-state index < -0.39 is 0 Å². The van der Waals surface area contributed by atoms with Crippen molar-refractivity contribution in [2.24, 2.45) is 11.8 Å². The number of amides is 1. The molecule has 0 aromatic heterocycles. The molecule has 16 heavy (non-hydrogen) atoms. The highest BCUT2D eigenvalue weighted by molar-refractivity contribution is 5.85. The monoisotopic (exact) mass is 250 g/mol. The number of methoxy groups -OCH3 is 1. The Labute approximate surface area is 104 Å². The number of nitrogens with zero attached hydrogens (tertiary/aromatic N) is 1. The minimum absolute atomic E-state index is 0. The quantitative estimate of drug-likeness (QED) is 0.783. The third-order valence-corrected chi connectivity index (χ3v) is 3.33. The second-order valence-electron chi connectivity index (χ2n) is 4.46. The largest absolute Gasteiger partial charge is 0.383 e. The van der Waals surface area contributed by atoms with Gasteiger partial charge in [-0.15, -0.1) is 12.4 Å². The summed E-state index contributed by atoms with van der Waals surface area (Å²) < 4.78 is 5.05. The predicted molar refractivity (Wildman–Crippen MR) is 66.9 cm³/mol. The molecule has 4 nitrogen and oxygen atoms in total. The van der Waals surface area contributed by atoms with E-state index in [1.807, 2.05) is 20.9 Å². The summed E-state index contributed by atoms with van der Waals surface area (Å²) in [5, 5.41) is 3.19. The van der Waals surface area contributed by atoms with E-state index in [0.717, 1.165) is 13.1 Å². The lowest BCUT2D eigenvalue weighted by atomic mass is 9.88. The average molecular weight is 251 g/mol. The molecule has 1 rings (SSSR count). The van der Waals surface area contributed by atoms with Gasteiger partial charge in [-0.2, -0.15) is 0 Å². The highest BCUT2D eigenvalue weighted by Crippen LogP contribution is 2.18. The van der Waals surface area contributed by atoms with Crippen molar-refractivity contribution >= 4 is 18.3 Å². The molecule has 2 unspecified atom stereocenters. The topological polar surface area (TPSA) is 41.6 Å². The summed E-state index contributed by atoms with van der Waals surface area (Å²) >= 11 is 0. The van der Waals surface area contributed by atoms with Crippen LogP contribution in [0.3, 0.4) is 0 Å². The van der Waals surface area contributed by atoms with E-state index in [2.05, 4.69) is 5.32 Å². The second-order valence-corrected chi connectivity index (χ2v) is 4.46. The van der Waals surface area contributed by atoms with Crippen LogP contribution in [0, 0.1) is 11.8 Å². The van der Waals surface area contributed by atoms with Crippen molar-refractivity contribution in [3.05, 3.63) is 0 Å². The summed E-state index contributed by atoms with van der Waals surface area (Å²) in [6, 6.07) is 0.151. The van der Waals surface area contributed by atoms with Gasteiger partial charge in [0.15, 0.2) is 0 Å². The summed E-state index contributed by atoms with van der Waals surface area (Å²) in [6.45, 7) is 6.56. The van der Waals surface area contributed by atoms with Crippen molar-refractivity contribution in [2.75, 3.05) is 33.9 Å². The number of hydrogen-bond acceptors (Lipinski definition) is 3. The Morgan fingerprint density at radius 1 is 1.50 bits per heavy atom. The number of rotatable bonds is 5. The van der Waals surface area contributed by atoms with Crippen LogP contribution in [0.25, 0.3) is 0 Å². The van der Waals surface area contributed by atoms with Crippen LogP contribution in [-0.2, 0) is 9.53 Å². The van der Waals surface area contributed by atoms with Crippen LogP contribution in [0.5, 0.6) is 0 Å². The maximum absolute atomic E-state index is 12.0. The van der Waals surface area contributed by atoms with E-state index in [1.165, 1.54) is 0 Å². The molecule has 1 aliphatic rings. The fourth-order valence-corrected chi connectivity index (χ4v) is 1.76. The predicted octanol–water partition coefficient (Wildman–Crippen LogP) is 0.757. The molecule has 5 heteroatoms. The van der Waals surface area contributed by atoms with E-state index in [4.69, 9.17) is 4.74 Å². The Hall–Kier alpha value is -0.320. The first kappa shape index (κ1) is 15.7. The highest BCUT2D eigenvalue weighted by atomic mass is 35.5. The van der Waals surface area contributed by atoms with Gasteiger partial charge in [0.05, 0.1) is 12.6 Å². The lowest BCUT2D eigenvalue weighted by Gasteiger charge is -2.35. The summed E-state index contributed by atoms with van der Waals surface area (Å²) in [6.07, 6.45) is 0. The Bertz CT molecular complexity index is 222. The lowest BCUT2D eigenvalue weighted by molar-refractivity contribution is -0.138. The van der Waals surface area contributed by atoms with E-state index in [1.54, 1.807) is 12.0 Å². The summed E-state index contributed by atoms with van der Waals surface area (Å²) in [4.78, 5) is 13.8. The van der Waals surface area contributed by atoms with Crippen molar-refractivity contribution in [2.45, 2.75) is 19.9 Å². The molecule has 0 saturated carbocycles. The van der Waals surface area contributed by atoms with Crippen molar-refractivity contribution in [1.29, 1.82) is 0 Å². The number of carbonyl (C=O) groups is 1. The van der Waals surface area contributed by atoms with Gasteiger partial charge < -0.3 is 15.0 Å². The zero-order chi connectivity index (χ0) is 11.4. The molecule has 1 fully saturated rings. The number of nitrogens with one attached hydrogen (secondary N) is 1. The first-order valence-electron chi connectivity index (χ1n) is 5.54. The molecule has 0 bridgehead atoms. The maximum Gasteiger partial charge on any atom is 0.225 e. The van der Waals surface area contributed by atoms with Gasteiger partial charge in [0.1, 0.15) is 0 Å². The molecule has 1 saturated heterocycles. The fraction of sp³-hybridized carbons (Fsp3) is 0.909. The molecule has 1 amide bonds. The van der Waals surface area contributed by atoms with Crippen LogP contribution in [-0.4, -0.2) is 50.7 Å². The van der Waals surface area contributed by atoms with Gasteiger partial charge in [0.25, 0.3) is 0 Å². The van der Waals surface area contributed by atoms with E-state index in [-0.39, 0.29) is 30.3 Å². The van der Waals surface area contributed by atoms with Gasteiger partial charge in [-0.25, -0.2) is 0 Å². The third-order valence-electron chi connectivity index (χ3n) is 3.33. The van der Waals surface area contributed by atoms with Crippen molar-refractivity contribution in [3.8, 4) is 0 Å². The molecular formula is C11H23ClN2O2. The molecule has 1 N–H and O–H groups in total. The van der Waals surface area contributed by atoms with Crippen LogP contribution in [0.4, 0.5) is 0 Å². The summed E-state index contributed by atoms with van der Waals surface area (Å²) in [5.41, 5.74) is 0. The minimum Gasteiger partial charge on any atom is -0.383 e. The maximum atomic E-state index is 12.0. The van der Waals surface area contributed by atoms with Gasteiger partial charge in [-0.05, 0) is 25.9 Å². The lowest BCUT2D eigenvalue weighted by Crippen LogP contribution is -2.51. The molecule has 0 aliphatic carbocycles. The minimum atomic E-state index is 0. The van der Waals surface area contributed by atoms with Gasteiger partial charge >= 0.3 is 0 Å². The van der Waals surface area contributed by atoms with Gasteiger partial charge in [-0.1, -0.05) is 6.92 Å². The van der Waals surface area contributed by atoms with Crippen LogP contribution >= 0.6 is 12.4 Å². The third kappa shape index (κ3) is 3.61. The zero-order valence-corrected chi connectivity index (χ0v) is 11.3. The molecule has 1 heterocycles. The van der Waals surface area contributed by atoms with Crippen LogP contribution in [0.2, 0.25) is 0 Å². The first-order valence-corrected chi connectivity index (χ1v) is 5.54. The number of halogens is 1. The molecular weight excluding hydrogens is 228 g/mol. The van der Waals surface area contributed by atoms with Crippen molar-refractivity contribution in [3.63, 3.8) is 0 Å². The van der Waals surface area contributed by atoms with Gasteiger partial charge in [0.2, 0.25) is 5.91 Å². The Morgan fingerprint density at radius 2 is 2.06 bits per heavy atom. The van der Waals surface area contributed by atoms with E-state index in [0.29, 0.717) is 12.5 Å². The van der Waals surface area contributed by atoms with Gasteiger partial charge in [-0.3, -0.25) is 4.79 Å². The number of hydrogen-bond donors (Lipinski definition) is 1. The van der Waals surface area contributed by atoms with E-state index >= 15 is 0 Å². The average Bonchev–Trinajstić information content (AvgIpc) is 2.13. The summed E-state index contributed by atoms with van der Waals surface area (Å²) in [5.74, 6) is 0.858. The Kier molecular flexibility index (Phi) is 6.95. The van der Waals surface area contributed by atoms with Crippen molar-refractivity contribution < 1.29 is 9.53 Å². The van der Waals surface area contributed by atoms with E-state index in [9.17, 15) is 4.79 Å². The highest BCUT2D eigenvalue weighted by Gasteiger charge is 2.31. The van der Waals surface area contributed by atoms with Crippen LogP contribution < -0.4 is 5.32 Å². The molecule has 0 aromatic rings. The smallest absolute Gasteiger partial charge is 0.225 e. The SMILES string of the molecule is COCC(C)N(C)C(=O)C(C)C1CNC1.Cl. The second kappa shape index (κ2) is 7.09. The number of carbonyl (C=O) groups excluding carboxylic acids is 1. The molecule has 0 radical (unpaired) electrons. The molecule has 0 spiro atoms. The number of likely N-dealkylation sites (N-methyl/N-ethyl adjacent to an activating group) is 1. The molecule has 0 aromatic carbocycles. The molecule has 96 valence electrons. The summed E-state index contributed by atoms with van der Waals surface area (Å²) in [7, 11) is 3.52. The fourth-order valence-electron chi connectivity index (χ4n) is 1.76.